The van der Waals surface area contributed by atoms with E-state index in [0.29, 0.717) is 5.56 Å². The van der Waals surface area contributed by atoms with E-state index in [0.717, 1.165) is 0 Å². The highest BCUT2D eigenvalue weighted by Gasteiger charge is 2.09. The van der Waals surface area contributed by atoms with Crippen molar-refractivity contribution in [1.29, 1.82) is 0 Å². The SMILES string of the molecule is C=C(Cl)c1ccccc1C(=O)O. The zero-order chi connectivity index (χ0) is 9.14. The predicted octanol–water partition coefficient (Wildman–Crippen LogP) is 2.59. The molecule has 3 heteroatoms. The van der Waals surface area contributed by atoms with Crippen LogP contribution in [-0.4, -0.2) is 11.1 Å². The molecule has 1 aromatic carbocycles. The number of benzene rings is 1. The van der Waals surface area contributed by atoms with Gasteiger partial charge in [-0.25, -0.2) is 4.79 Å². The summed E-state index contributed by atoms with van der Waals surface area (Å²) in [6.07, 6.45) is 0. The first kappa shape index (κ1) is 8.81. The van der Waals surface area contributed by atoms with E-state index in [9.17, 15) is 4.79 Å². The van der Waals surface area contributed by atoms with Crippen LogP contribution in [0.4, 0.5) is 0 Å². The molecule has 0 amide bonds. The molecule has 0 radical (unpaired) electrons. The lowest BCUT2D eigenvalue weighted by molar-refractivity contribution is 0.0696. The average Bonchev–Trinajstić information content (AvgIpc) is 2.04. The van der Waals surface area contributed by atoms with Crippen molar-refractivity contribution in [3.63, 3.8) is 0 Å². The van der Waals surface area contributed by atoms with Gasteiger partial charge in [-0.1, -0.05) is 36.4 Å². The maximum absolute atomic E-state index is 10.6. The number of carboxylic acids is 1. The van der Waals surface area contributed by atoms with Crippen molar-refractivity contribution >= 4 is 22.6 Å². The highest BCUT2D eigenvalue weighted by molar-refractivity contribution is 6.48. The van der Waals surface area contributed by atoms with E-state index >= 15 is 0 Å². The van der Waals surface area contributed by atoms with Crippen molar-refractivity contribution in [3.05, 3.63) is 42.0 Å². The molecule has 0 aliphatic heterocycles. The average molecular weight is 183 g/mol. The fourth-order valence-corrected chi connectivity index (χ4v) is 1.07. The molecule has 2 nitrogen and oxygen atoms in total. The molecule has 0 unspecified atom stereocenters. The first-order chi connectivity index (χ1) is 5.63. The van der Waals surface area contributed by atoms with Gasteiger partial charge in [0.2, 0.25) is 0 Å². The zero-order valence-corrected chi connectivity index (χ0v) is 7.01. The second kappa shape index (κ2) is 3.41. The van der Waals surface area contributed by atoms with Crippen LogP contribution in [0.5, 0.6) is 0 Å². The number of halogens is 1. The Balaban J connectivity index is 3.27. The highest BCUT2D eigenvalue weighted by atomic mass is 35.5. The molecule has 1 N–H and O–H groups in total. The Morgan fingerprint density at radius 1 is 1.33 bits per heavy atom. The lowest BCUT2D eigenvalue weighted by Gasteiger charge is -2.01. The van der Waals surface area contributed by atoms with Crippen LogP contribution in [0.2, 0.25) is 0 Å². The third kappa shape index (κ3) is 1.66. The molecule has 0 atom stereocenters. The van der Waals surface area contributed by atoms with Gasteiger partial charge in [0.25, 0.3) is 0 Å². The minimum absolute atomic E-state index is 0.178. The van der Waals surface area contributed by atoms with Crippen LogP contribution in [0.15, 0.2) is 30.8 Å². The standard InChI is InChI=1S/C9H7ClO2/c1-6(10)7-4-2-3-5-8(7)9(11)12/h2-5H,1H2,(H,11,12). The van der Waals surface area contributed by atoms with Gasteiger partial charge in [0, 0.05) is 10.6 Å². The third-order valence-electron chi connectivity index (χ3n) is 1.45. The molecule has 0 saturated heterocycles. The monoisotopic (exact) mass is 182 g/mol. The number of rotatable bonds is 2. The molecule has 12 heavy (non-hydrogen) atoms. The topological polar surface area (TPSA) is 37.3 Å². The van der Waals surface area contributed by atoms with Gasteiger partial charge in [-0.3, -0.25) is 0 Å². The predicted molar refractivity (Wildman–Crippen MR) is 48.3 cm³/mol. The number of hydrogen-bond donors (Lipinski definition) is 1. The summed E-state index contributed by atoms with van der Waals surface area (Å²) in [7, 11) is 0. The van der Waals surface area contributed by atoms with Crippen LogP contribution < -0.4 is 0 Å². The van der Waals surface area contributed by atoms with E-state index in [1.54, 1.807) is 18.2 Å². The Morgan fingerprint density at radius 3 is 2.17 bits per heavy atom. The molecule has 62 valence electrons. The Hall–Kier alpha value is -1.28. The fraction of sp³-hybridized carbons (Fsp3) is 0. The molecular weight excluding hydrogens is 176 g/mol. The largest absolute Gasteiger partial charge is 0.478 e. The maximum Gasteiger partial charge on any atom is 0.336 e. The van der Waals surface area contributed by atoms with Gasteiger partial charge < -0.3 is 5.11 Å². The van der Waals surface area contributed by atoms with E-state index in [-0.39, 0.29) is 10.6 Å². The number of carbonyl (C=O) groups is 1. The molecule has 0 heterocycles. The van der Waals surface area contributed by atoms with Gasteiger partial charge in [-0.05, 0) is 6.07 Å². The number of carboxylic acid groups (broad SMARTS) is 1. The summed E-state index contributed by atoms with van der Waals surface area (Å²) in [5.74, 6) is -0.993. The lowest BCUT2D eigenvalue weighted by Crippen LogP contribution is -1.99. The normalized spacial score (nSPS) is 9.42. The van der Waals surface area contributed by atoms with E-state index in [1.807, 2.05) is 0 Å². The lowest BCUT2D eigenvalue weighted by atomic mass is 10.1. The van der Waals surface area contributed by atoms with Crippen LogP contribution in [0.25, 0.3) is 5.03 Å². The molecule has 1 rings (SSSR count). The molecule has 0 fully saturated rings. The summed E-state index contributed by atoms with van der Waals surface area (Å²) >= 11 is 5.59. The first-order valence-electron chi connectivity index (χ1n) is 3.30. The zero-order valence-electron chi connectivity index (χ0n) is 6.25. The molecule has 0 spiro atoms. The van der Waals surface area contributed by atoms with E-state index in [1.165, 1.54) is 6.07 Å². The first-order valence-corrected chi connectivity index (χ1v) is 3.68. The summed E-state index contributed by atoms with van der Waals surface area (Å²) < 4.78 is 0. The van der Waals surface area contributed by atoms with Crippen molar-refractivity contribution in [1.82, 2.24) is 0 Å². The third-order valence-corrected chi connectivity index (χ3v) is 1.65. The molecule has 1 aromatic rings. The van der Waals surface area contributed by atoms with Crippen LogP contribution in [0.1, 0.15) is 15.9 Å². The molecule has 0 aliphatic carbocycles. The summed E-state index contributed by atoms with van der Waals surface area (Å²) in [5, 5.41) is 8.96. The summed E-state index contributed by atoms with van der Waals surface area (Å²) in [6.45, 7) is 3.47. The fourth-order valence-electron chi connectivity index (χ4n) is 0.906. The Morgan fingerprint density at radius 2 is 1.83 bits per heavy atom. The Kier molecular flexibility index (Phi) is 2.51. The molecule has 0 saturated carbocycles. The van der Waals surface area contributed by atoms with E-state index < -0.39 is 5.97 Å². The van der Waals surface area contributed by atoms with Crippen molar-refractivity contribution in [2.45, 2.75) is 0 Å². The molecule has 0 bridgehead atoms. The van der Waals surface area contributed by atoms with Gasteiger partial charge in [0.15, 0.2) is 0 Å². The second-order valence-corrected chi connectivity index (χ2v) is 2.71. The summed E-state index contributed by atoms with van der Waals surface area (Å²) in [5.41, 5.74) is 0.643. The van der Waals surface area contributed by atoms with Gasteiger partial charge in [0.1, 0.15) is 0 Å². The van der Waals surface area contributed by atoms with Crippen molar-refractivity contribution < 1.29 is 9.90 Å². The molecule has 0 aromatic heterocycles. The van der Waals surface area contributed by atoms with Gasteiger partial charge in [0.05, 0.1) is 5.56 Å². The van der Waals surface area contributed by atoms with Gasteiger partial charge in [-0.2, -0.15) is 0 Å². The van der Waals surface area contributed by atoms with Gasteiger partial charge in [-0.15, -0.1) is 0 Å². The van der Waals surface area contributed by atoms with Crippen LogP contribution in [-0.2, 0) is 0 Å². The summed E-state index contributed by atoms with van der Waals surface area (Å²) in [4.78, 5) is 10.6. The van der Waals surface area contributed by atoms with E-state index in [2.05, 4.69) is 6.58 Å². The Labute approximate surface area is 75.1 Å². The smallest absolute Gasteiger partial charge is 0.336 e. The van der Waals surface area contributed by atoms with Crippen molar-refractivity contribution in [3.8, 4) is 0 Å². The van der Waals surface area contributed by atoms with Crippen molar-refractivity contribution in [2.24, 2.45) is 0 Å². The quantitative estimate of drug-likeness (QED) is 0.764. The minimum Gasteiger partial charge on any atom is -0.478 e. The maximum atomic E-state index is 10.6. The van der Waals surface area contributed by atoms with Crippen LogP contribution in [0.3, 0.4) is 0 Å². The molecule has 0 aliphatic rings. The number of aromatic carboxylic acids is 1. The number of hydrogen-bond acceptors (Lipinski definition) is 1. The van der Waals surface area contributed by atoms with Gasteiger partial charge >= 0.3 is 5.97 Å². The second-order valence-electron chi connectivity index (χ2n) is 2.26. The van der Waals surface area contributed by atoms with Crippen LogP contribution >= 0.6 is 11.6 Å². The molecular formula is C9H7ClO2. The van der Waals surface area contributed by atoms with Crippen molar-refractivity contribution in [2.75, 3.05) is 0 Å². The van der Waals surface area contributed by atoms with E-state index in [4.69, 9.17) is 16.7 Å². The van der Waals surface area contributed by atoms with Crippen LogP contribution in [0, 0.1) is 0 Å². The summed E-state index contributed by atoms with van der Waals surface area (Å²) in [6, 6.07) is 6.48. The Bertz CT molecular complexity index is 298. The highest BCUT2D eigenvalue weighted by Crippen LogP contribution is 2.20. The minimum atomic E-state index is -0.993.